The van der Waals surface area contributed by atoms with E-state index in [2.05, 4.69) is 15.5 Å². The zero-order valence-corrected chi connectivity index (χ0v) is 13.4. The van der Waals surface area contributed by atoms with Crippen LogP contribution in [-0.4, -0.2) is 29.2 Å². The zero-order valence-electron chi connectivity index (χ0n) is 13.4. The van der Waals surface area contributed by atoms with Gasteiger partial charge in [-0.05, 0) is 36.2 Å². The Morgan fingerprint density at radius 2 is 2.00 bits per heavy atom. The molecule has 0 saturated carbocycles. The smallest absolute Gasteiger partial charge is 0.359 e. The predicted octanol–water partition coefficient (Wildman–Crippen LogP) is 2.84. The number of aryl methyl sites for hydroxylation is 1. The van der Waals surface area contributed by atoms with E-state index in [9.17, 15) is 9.59 Å². The van der Waals surface area contributed by atoms with E-state index in [4.69, 9.17) is 4.74 Å². The highest BCUT2D eigenvalue weighted by Gasteiger charge is 2.15. The van der Waals surface area contributed by atoms with E-state index in [0.717, 1.165) is 11.1 Å². The Hall–Kier alpha value is -3.15. The highest BCUT2D eigenvalue weighted by atomic mass is 16.5. The van der Waals surface area contributed by atoms with Crippen LogP contribution in [0.3, 0.4) is 0 Å². The number of hydrogen-bond donors (Lipinski definition) is 2. The maximum absolute atomic E-state index is 12.3. The van der Waals surface area contributed by atoms with Crippen LogP contribution in [0.4, 0.5) is 5.69 Å². The molecule has 0 atom stereocenters. The number of amides is 1. The third kappa shape index (κ3) is 3.12. The fourth-order valence-electron chi connectivity index (χ4n) is 2.53. The number of H-pyrrole nitrogens is 1. The summed E-state index contributed by atoms with van der Waals surface area (Å²) in [5.41, 5.74) is 3.56. The minimum absolute atomic E-state index is 0.119. The van der Waals surface area contributed by atoms with Crippen LogP contribution in [0.2, 0.25) is 0 Å². The molecule has 0 aliphatic rings. The Morgan fingerprint density at radius 1 is 1.21 bits per heavy atom. The van der Waals surface area contributed by atoms with Crippen molar-refractivity contribution in [2.45, 2.75) is 13.3 Å². The molecular formula is C18H17N3O3. The average Bonchev–Trinajstić information content (AvgIpc) is 2.99. The largest absolute Gasteiger partial charge is 0.464 e. The Balaban J connectivity index is 1.81. The number of methoxy groups -OCH3 is 1. The molecular weight excluding hydrogens is 306 g/mol. The summed E-state index contributed by atoms with van der Waals surface area (Å²) in [6.45, 7) is 1.97. The molecule has 6 heteroatoms. The van der Waals surface area contributed by atoms with E-state index in [1.807, 2.05) is 31.2 Å². The van der Waals surface area contributed by atoms with Crippen LogP contribution in [0.25, 0.3) is 10.9 Å². The number of esters is 1. The minimum Gasteiger partial charge on any atom is -0.464 e. The Bertz CT molecular complexity index is 915. The van der Waals surface area contributed by atoms with E-state index >= 15 is 0 Å². The molecule has 0 fully saturated rings. The molecule has 6 nitrogen and oxygen atoms in total. The highest BCUT2D eigenvalue weighted by molar-refractivity contribution is 6.04. The molecule has 1 heterocycles. The molecule has 1 amide bonds. The lowest BCUT2D eigenvalue weighted by molar-refractivity contribution is -0.115. The summed E-state index contributed by atoms with van der Waals surface area (Å²) in [4.78, 5) is 24.0. The Labute approximate surface area is 138 Å². The fourth-order valence-corrected chi connectivity index (χ4v) is 2.53. The number of nitrogens with zero attached hydrogens (tertiary/aromatic N) is 1. The maximum Gasteiger partial charge on any atom is 0.359 e. The number of aromatic nitrogens is 2. The summed E-state index contributed by atoms with van der Waals surface area (Å²) < 4.78 is 4.71. The second-order valence-electron chi connectivity index (χ2n) is 5.48. The molecule has 3 aromatic rings. The normalized spacial score (nSPS) is 10.6. The van der Waals surface area contributed by atoms with Gasteiger partial charge in [-0.1, -0.05) is 24.3 Å². The number of carbonyl (C=O) groups excluding carboxylic acids is 2. The van der Waals surface area contributed by atoms with E-state index in [0.29, 0.717) is 23.0 Å². The van der Waals surface area contributed by atoms with Gasteiger partial charge in [0.15, 0.2) is 5.69 Å². The van der Waals surface area contributed by atoms with E-state index in [1.54, 1.807) is 18.2 Å². The van der Waals surface area contributed by atoms with Gasteiger partial charge >= 0.3 is 5.97 Å². The van der Waals surface area contributed by atoms with Gasteiger partial charge in [0.25, 0.3) is 0 Å². The lowest BCUT2D eigenvalue weighted by atomic mass is 10.1. The van der Waals surface area contributed by atoms with Crippen molar-refractivity contribution in [1.82, 2.24) is 10.2 Å². The SMILES string of the molecule is COC(=O)c1n[nH]c2ccc(NC(=O)Cc3ccccc3C)cc12. The number of fused-ring (bicyclic) bond motifs is 1. The lowest BCUT2D eigenvalue weighted by Gasteiger charge is -2.07. The monoisotopic (exact) mass is 323 g/mol. The van der Waals surface area contributed by atoms with Gasteiger partial charge in [0, 0.05) is 11.1 Å². The van der Waals surface area contributed by atoms with Crippen LogP contribution in [-0.2, 0) is 16.0 Å². The number of aromatic amines is 1. The second kappa shape index (κ2) is 6.54. The van der Waals surface area contributed by atoms with Crippen molar-refractivity contribution in [3.63, 3.8) is 0 Å². The Kier molecular flexibility index (Phi) is 4.29. The van der Waals surface area contributed by atoms with Gasteiger partial charge in [-0.25, -0.2) is 4.79 Å². The summed E-state index contributed by atoms with van der Waals surface area (Å²) in [6.07, 6.45) is 0.292. The van der Waals surface area contributed by atoms with Crippen LogP contribution in [0.1, 0.15) is 21.6 Å². The maximum atomic E-state index is 12.3. The number of anilines is 1. The quantitative estimate of drug-likeness (QED) is 0.723. The summed E-state index contributed by atoms with van der Waals surface area (Å²) in [7, 11) is 1.30. The number of benzene rings is 2. The molecule has 0 saturated heterocycles. The van der Waals surface area contributed by atoms with Gasteiger partial charge in [0.05, 0.1) is 19.0 Å². The number of rotatable bonds is 4. The molecule has 0 bridgehead atoms. The van der Waals surface area contributed by atoms with Crippen molar-refractivity contribution in [2.24, 2.45) is 0 Å². The third-order valence-corrected chi connectivity index (χ3v) is 3.84. The van der Waals surface area contributed by atoms with Crippen molar-refractivity contribution in [2.75, 3.05) is 12.4 Å². The fraction of sp³-hybridized carbons (Fsp3) is 0.167. The molecule has 24 heavy (non-hydrogen) atoms. The molecule has 122 valence electrons. The molecule has 0 spiro atoms. The van der Waals surface area contributed by atoms with Gasteiger partial charge in [0.1, 0.15) is 0 Å². The van der Waals surface area contributed by atoms with Crippen molar-refractivity contribution in [3.8, 4) is 0 Å². The van der Waals surface area contributed by atoms with Gasteiger partial charge in [-0.15, -0.1) is 0 Å². The zero-order chi connectivity index (χ0) is 17.1. The molecule has 0 aliphatic heterocycles. The minimum atomic E-state index is -0.523. The molecule has 3 rings (SSSR count). The number of nitrogens with one attached hydrogen (secondary N) is 2. The first-order valence-electron chi connectivity index (χ1n) is 7.49. The number of hydrogen-bond acceptors (Lipinski definition) is 4. The molecule has 1 aromatic heterocycles. The molecule has 2 aromatic carbocycles. The molecule has 0 radical (unpaired) electrons. The third-order valence-electron chi connectivity index (χ3n) is 3.84. The topological polar surface area (TPSA) is 84.1 Å². The number of ether oxygens (including phenoxy) is 1. The van der Waals surface area contributed by atoms with Crippen LogP contribution in [0.5, 0.6) is 0 Å². The average molecular weight is 323 g/mol. The highest BCUT2D eigenvalue weighted by Crippen LogP contribution is 2.21. The van der Waals surface area contributed by atoms with Crippen molar-refractivity contribution in [3.05, 3.63) is 59.3 Å². The predicted molar refractivity (Wildman–Crippen MR) is 90.9 cm³/mol. The van der Waals surface area contributed by atoms with Crippen LogP contribution in [0.15, 0.2) is 42.5 Å². The van der Waals surface area contributed by atoms with Crippen LogP contribution in [0, 0.1) is 6.92 Å². The first kappa shape index (κ1) is 15.7. The van der Waals surface area contributed by atoms with Crippen molar-refractivity contribution in [1.29, 1.82) is 0 Å². The van der Waals surface area contributed by atoms with E-state index < -0.39 is 5.97 Å². The van der Waals surface area contributed by atoms with Gasteiger partial charge in [-0.3, -0.25) is 9.89 Å². The van der Waals surface area contributed by atoms with E-state index in [1.165, 1.54) is 7.11 Å². The molecule has 2 N–H and O–H groups in total. The van der Waals surface area contributed by atoms with Gasteiger partial charge in [0.2, 0.25) is 5.91 Å². The summed E-state index contributed by atoms with van der Waals surface area (Å²) in [5, 5.41) is 10.2. The lowest BCUT2D eigenvalue weighted by Crippen LogP contribution is -2.15. The number of carbonyl (C=O) groups is 2. The first-order valence-corrected chi connectivity index (χ1v) is 7.49. The van der Waals surface area contributed by atoms with Gasteiger partial charge in [-0.2, -0.15) is 5.10 Å². The van der Waals surface area contributed by atoms with Crippen LogP contribution >= 0.6 is 0 Å². The summed E-state index contributed by atoms with van der Waals surface area (Å²) in [6, 6.07) is 13.0. The van der Waals surface area contributed by atoms with Crippen LogP contribution < -0.4 is 5.32 Å². The standard InChI is InChI=1S/C18H17N3O3/c1-11-5-3-4-6-12(11)9-16(22)19-13-7-8-15-14(10-13)17(21-20-15)18(23)24-2/h3-8,10H,9H2,1-2H3,(H,19,22)(H,20,21). The summed E-state index contributed by atoms with van der Waals surface area (Å²) >= 11 is 0. The Morgan fingerprint density at radius 3 is 2.75 bits per heavy atom. The molecule has 0 aliphatic carbocycles. The van der Waals surface area contributed by atoms with E-state index in [-0.39, 0.29) is 11.6 Å². The second-order valence-corrected chi connectivity index (χ2v) is 5.48. The van der Waals surface area contributed by atoms with Crippen molar-refractivity contribution >= 4 is 28.5 Å². The van der Waals surface area contributed by atoms with Crippen molar-refractivity contribution < 1.29 is 14.3 Å². The molecule has 0 unspecified atom stereocenters. The van der Waals surface area contributed by atoms with Gasteiger partial charge < -0.3 is 10.1 Å². The summed E-state index contributed by atoms with van der Waals surface area (Å²) in [5.74, 6) is -0.642. The first-order chi connectivity index (χ1) is 11.6.